The van der Waals surface area contributed by atoms with Gasteiger partial charge in [0.05, 0.1) is 12.7 Å². The summed E-state index contributed by atoms with van der Waals surface area (Å²) in [5.41, 5.74) is 3.84. The molecule has 0 aliphatic heterocycles. The number of para-hydroxylation sites is 1. The van der Waals surface area contributed by atoms with E-state index in [9.17, 15) is 5.11 Å². The van der Waals surface area contributed by atoms with Crippen molar-refractivity contribution in [3.8, 4) is 0 Å². The molecular formula is C19H24N2O2. The second-order valence-corrected chi connectivity index (χ2v) is 5.64. The second-order valence-electron chi connectivity index (χ2n) is 5.64. The number of rotatable bonds is 8. The fourth-order valence-electron chi connectivity index (χ4n) is 2.04. The number of anilines is 3. The van der Waals surface area contributed by atoms with Crippen molar-refractivity contribution in [1.82, 2.24) is 0 Å². The van der Waals surface area contributed by atoms with Gasteiger partial charge in [-0.15, -0.1) is 0 Å². The van der Waals surface area contributed by atoms with Crippen molar-refractivity contribution in [3.63, 3.8) is 0 Å². The van der Waals surface area contributed by atoms with Crippen LogP contribution in [0, 0.1) is 0 Å². The Morgan fingerprint density at radius 3 is 2.17 bits per heavy atom. The first-order valence-electron chi connectivity index (χ1n) is 7.67. The summed E-state index contributed by atoms with van der Waals surface area (Å²) in [5, 5.41) is 16.3. The van der Waals surface area contributed by atoms with Gasteiger partial charge >= 0.3 is 0 Å². The third-order valence-electron chi connectivity index (χ3n) is 3.20. The Bertz CT molecular complexity index is 609. The molecule has 0 aliphatic rings. The molecule has 0 amide bonds. The number of ether oxygens (including phenoxy) is 1. The Morgan fingerprint density at radius 1 is 1.04 bits per heavy atom. The Kier molecular flexibility index (Phi) is 6.20. The molecule has 0 bridgehead atoms. The maximum absolute atomic E-state index is 9.81. The minimum absolute atomic E-state index is 0.413. The Balaban J connectivity index is 1.96. The fourth-order valence-corrected chi connectivity index (χ4v) is 2.04. The van der Waals surface area contributed by atoms with Gasteiger partial charge in [0.1, 0.15) is 0 Å². The van der Waals surface area contributed by atoms with E-state index < -0.39 is 12.3 Å². The van der Waals surface area contributed by atoms with Gasteiger partial charge in [0.25, 0.3) is 0 Å². The Hall–Kier alpha value is -2.30. The first-order valence-corrected chi connectivity index (χ1v) is 7.67. The van der Waals surface area contributed by atoms with Crippen molar-refractivity contribution in [2.45, 2.75) is 26.2 Å². The van der Waals surface area contributed by atoms with Gasteiger partial charge in [-0.25, -0.2) is 0 Å². The lowest BCUT2D eigenvalue weighted by atomic mass is 10.2. The van der Waals surface area contributed by atoms with Crippen molar-refractivity contribution in [2.24, 2.45) is 0 Å². The zero-order valence-electron chi connectivity index (χ0n) is 13.6. The van der Waals surface area contributed by atoms with E-state index in [1.807, 2.05) is 61.5 Å². The minimum atomic E-state index is -0.628. The molecule has 4 nitrogen and oxygen atoms in total. The van der Waals surface area contributed by atoms with Crippen LogP contribution in [0.4, 0.5) is 17.1 Å². The first kappa shape index (κ1) is 17.1. The molecule has 0 aromatic heterocycles. The summed E-state index contributed by atoms with van der Waals surface area (Å²) in [4.78, 5) is 0. The summed E-state index contributed by atoms with van der Waals surface area (Å²) in [6.07, 6.45) is -1.10. The van der Waals surface area contributed by atoms with Crippen molar-refractivity contribution in [1.29, 1.82) is 0 Å². The van der Waals surface area contributed by atoms with Crippen LogP contribution >= 0.6 is 0 Å². The van der Waals surface area contributed by atoms with E-state index in [2.05, 4.69) is 17.2 Å². The minimum Gasteiger partial charge on any atom is -0.389 e. The van der Waals surface area contributed by atoms with Gasteiger partial charge in [0, 0.05) is 17.1 Å². The number of aliphatic hydroxyl groups excluding tert-OH is 1. The van der Waals surface area contributed by atoms with Crippen molar-refractivity contribution in [3.05, 3.63) is 66.7 Å². The van der Waals surface area contributed by atoms with Crippen LogP contribution in [0.5, 0.6) is 0 Å². The predicted octanol–water partition coefficient (Wildman–Crippen LogP) is 4.14. The lowest BCUT2D eigenvalue weighted by Crippen LogP contribution is -2.34. The standard InChI is InChI=1S/C19H24N2O2/c1-14(2)13-23-19(15(3)22)21-18-11-9-17(10-12-18)20-16-7-5-4-6-8-16/h4-12,15,19-22H,1,13H2,2-3H3. The summed E-state index contributed by atoms with van der Waals surface area (Å²) in [5.74, 6) is 0. The third-order valence-corrected chi connectivity index (χ3v) is 3.20. The molecule has 0 saturated heterocycles. The molecule has 122 valence electrons. The topological polar surface area (TPSA) is 53.5 Å². The lowest BCUT2D eigenvalue weighted by Gasteiger charge is -2.23. The van der Waals surface area contributed by atoms with E-state index in [1.165, 1.54) is 0 Å². The highest BCUT2D eigenvalue weighted by atomic mass is 16.5. The molecule has 0 fully saturated rings. The molecule has 2 aromatic carbocycles. The molecule has 0 heterocycles. The maximum atomic E-state index is 9.81. The monoisotopic (exact) mass is 312 g/mol. The van der Waals surface area contributed by atoms with Gasteiger partial charge in [-0.1, -0.05) is 30.4 Å². The van der Waals surface area contributed by atoms with Crippen LogP contribution in [-0.4, -0.2) is 24.0 Å². The average Bonchev–Trinajstić information content (AvgIpc) is 2.53. The predicted molar refractivity (Wildman–Crippen MR) is 96.0 cm³/mol. The molecule has 4 heteroatoms. The summed E-state index contributed by atoms with van der Waals surface area (Å²) in [7, 11) is 0. The van der Waals surface area contributed by atoms with Gasteiger partial charge in [0.2, 0.25) is 0 Å². The zero-order chi connectivity index (χ0) is 16.7. The average molecular weight is 312 g/mol. The molecule has 0 saturated carbocycles. The molecule has 2 aromatic rings. The SMILES string of the molecule is C=C(C)COC(Nc1ccc(Nc2ccccc2)cc1)C(C)O. The first-order chi connectivity index (χ1) is 11.0. The zero-order valence-corrected chi connectivity index (χ0v) is 13.6. The Labute approximate surface area is 137 Å². The molecular weight excluding hydrogens is 288 g/mol. The number of aliphatic hydroxyl groups is 1. The summed E-state index contributed by atoms with van der Waals surface area (Å²) in [6, 6.07) is 17.9. The van der Waals surface area contributed by atoms with E-state index >= 15 is 0 Å². The van der Waals surface area contributed by atoms with E-state index in [0.29, 0.717) is 6.61 Å². The van der Waals surface area contributed by atoms with Gasteiger partial charge < -0.3 is 20.5 Å². The Morgan fingerprint density at radius 2 is 1.61 bits per heavy atom. The highest BCUT2D eigenvalue weighted by Crippen LogP contribution is 2.19. The van der Waals surface area contributed by atoms with Gasteiger partial charge in [-0.2, -0.15) is 0 Å². The molecule has 0 radical (unpaired) electrons. The normalized spacial score (nSPS) is 13.2. The van der Waals surface area contributed by atoms with Crippen molar-refractivity contribution >= 4 is 17.1 Å². The van der Waals surface area contributed by atoms with Crippen LogP contribution in [0.15, 0.2) is 66.7 Å². The van der Waals surface area contributed by atoms with Gasteiger partial charge in [-0.3, -0.25) is 0 Å². The van der Waals surface area contributed by atoms with Crippen LogP contribution in [-0.2, 0) is 4.74 Å². The fraction of sp³-hybridized carbons (Fsp3) is 0.263. The number of hydrogen-bond donors (Lipinski definition) is 3. The van der Waals surface area contributed by atoms with Crippen LogP contribution in [0.2, 0.25) is 0 Å². The van der Waals surface area contributed by atoms with E-state index in [-0.39, 0.29) is 0 Å². The van der Waals surface area contributed by atoms with Crippen molar-refractivity contribution < 1.29 is 9.84 Å². The largest absolute Gasteiger partial charge is 0.389 e. The van der Waals surface area contributed by atoms with Crippen LogP contribution < -0.4 is 10.6 Å². The van der Waals surface area contributed by atoms with Gasteiger partial charge in [0.15, 0.2) is 6.23 Å². The molecule has 3 N–H and O–H groups in total. The van der Waals surface area contributed by atoms with E-state index in [1.54, 1.807) is 6.92 Å². The molecule has 2 unspecified atom stereocenters. The van der Waals surface area contributed by atoms with Crippen LogP contribution in [0.3, 0.4) is 0 Å². The molecule has 2 rings (SSSR count). The molecule has 2 atom stereocenters. The summed E-state index contributed by atoms with van der Waals surface area (Å²) < 4.78 is 5.62. The number of hydrogen-bond acceptors (Lipinski definition) is 4. The van der Waals surface area contributed by atoms with E-state index in [0.717, 1.165) is 22.6 Å². The highest BCUT2D eigenvalue weighted by molar-refractivity contribution is 5.62. The van der Waals surface area contributed by atoms with Crippen LogP contribution in [0.1, 0.15) is 13.8 Å². The second kappa shape index (κ2) is 8.36. The summed E-state index contributed by atoms with van der Waals surface area (Å²) >= 11 is 0. The smallest absolute Gasteiger partial charge is 0.154 e. The molecule has 0 spiro atoms. The number of nitrogens with one attached hydrogen (secondary N) is 2. The van der Waals surface area contributed by atoms with Crippen molar-refractivity contribution in [2.75, 3.05) is 17.2 Å². The third kappa shape index (κ3) is 5.77. The summed E-state index contributed by atoms with van der Waals surface area (Å²) in [6.45, 7) is 7.80. The number of benzene rings is 2. The highest BCUT2D eigenvalue weighted by Gasteiger charge is 2.15. The van der Waals surface area contributed by atoms with Crippen LogP contribution in [0.25, 0.3) is 0 Å². The lowest BCUT2D eigenvalue weighted by molar-refractivity contribution is -0.00276. The van der Waals surface area contributed by atoms with E-state index in [4.69, 9.17) is 4.74 Å². The molecule has 23 heavy (non-hydrogen) atoms. The maximum Gasteiger partial charge on any atom is 0.154 e. The van der Waals surface area contributed by atoms with Gasteiger partial charge in [-0.05, 0) is 50.2 Å². The quantitative estimate of drug-likeness (QED) is 0.506. The molecule has 0 aliphatic carbocycles.